The molecule has 3 N–H and O–H groups in total. The first-order chi connectivity index (χ1) is 7.92. The van der Waals surface area contributed by atoms with E-state index < -0.39 is 23.8 Å². The Hall–Kier alpha value is -1.40. The number of carboxylic acids is 1. The van der Waals surface area contributed by atoms with Gasteiger partial charge in [0.15, 0.2) is 0 Å². The summed E-state index contributed by atoms with van der Waals surface area (Å²) < 4.78 is 26.3. The molecule has 1 rings (SSSR count). The van der Waals surface area contributed by atoms with Crippen molar-refractivity contribution in [1.29, 1.82) is 0 Å². The van der Waals surface area contributed by atoms with Gasteiger partial charge >= 0.3 is 12.0 Å². The van der Waals surface area contributed by atoms with Gasteiger partial charge in [-0.25, -0.2) is 13.6 Å². The number of urea groups is 1. The summed E-state index contributed by atoms with van der Waals surface area (Å²) in [5, 5.41) is 12.9. The zero-order valence-corrected chi connectivity index (χ0v) is 9.34. The molecule has 7 heteroatoms. The van der Waals surface area contributed by atoms with Crippen LogP contribution in [0.3, 0.4) is 0 Å². The quantitative estimate of drug-likeness (QED) is 0.686. The summed E-state index contributed by atoms with van der Waals surface area (Å²) in [6, 6.07) is -0.603. The van der Waals surface area contributed by atoms with Crippen molar-refractivity contribution in [2.45, 2.75) is 31.6 Å². The minimum absolute atomic E-state index is 0.0117. The third-order valence-corrected chi connectivity index (χ3v) is 2.79. The number of hydrogen-bond acceptors (Lipinski definition) is 2. The Morgan fingerprint density at radius 3 is 2.59 bits per heavy atom. The van der Waals surface area contributed by atoms with E-state index in [1.165, 1.54) is 0 Å². The molecule has 2 amide bonds. The first-order valence-electron chi connectivity index (χ1n) is 5.53. The zero-order valence-electron chi connectivity index (χ0n) is 9.34. The van der Waals surface area contributed by atoms with Gasteiger partial charge in [0.05, 0.1) is 6.42 Å². The van der Waals surface area contributed by atoms with Crippen LogP contribution in [-0.4, -0.2) is 36.1 Å². The molecule has 0 aromatic heterocycles. The minimum atomic E-state index is -2.70. The van der Waals surface area contributed by atoms with E-state index >= 15 is 0 Å². The molecule has 0 bridgehead atoms. The van der Waals surface area contributed by atoms with Crippen LogP contribution < -0.4 is 10.6 Å². The van der Waals surface area contributed by atoms with Gasteiger partial charge in [-0.05, 0) is 12.8 Å². The van der Waals surface area contributed by atoms with E-state index in [2.05, 4.69) is 10.6 Å². The molecule has 0 saturated heterocycles. The van der Waals surface area contributed by atoms with Crippen molar-refractivity contribution < 1.29 is 23.5 Å². The second-order valence-electron chi connectivity index (χ2n) is 4.13. The van der Waals surface area contributed by atoms with Crippen LogP contribution >= 0.6 is 0 Å². The lowest BCUT2D eigenvalue weighted by molar-refractivity contribution is -0.136. The minimum Gasteiger partial charge on any atom is -0.481 e. The molecule has 1 atom stereocenters. The molecule has 17 heavy (non-hydrogen) atoms. The number of hydrogen-bond donors (Lipinski definition) is 3. The SMILES string of the molecule is O=C(O)CCNC(=O)NCC1CCCC1(F)F. The molecule has 0 heterocycles. The number of carbonyl (C=O) groups excluding carboxylic acids is 1. The fraction of sp³-hybridized carbons (Fsp3) is 0.800. The number of carboxylic acid groups (broad SMARTS) is 1. The average molecular weight is 250 g/mol. The lowest BCUT2D eigenvalue weighted by Crippen LogP contribution is -2.41. The van der Waals surface area contributed by atoms with Crippen LogP contribution in [0.5, 0.6) is 0 Å². The van der Waals surface area contributed by atoms with Crippen molar-refractivity contribution in [3.05, 3.63) is 0 Å². The summed E-state index contributed by atoms with van der Waals surface area (Å²) in [6.07, 6.45) is 0.565. The van der Waals surface area contributed by atoms with Crippen molar-refractivity contribution in [2.75, 3.05) is 13.1 Å². The maximum absolute atomic E-state index is 13.2. The monoisotopic (exact) mass is 250 g/mol. The predicted octanol–water partition coefficient (Wildman–Crippen LogP) is 1.20. The largest absolute Gasteiger partial charge is 0.481 e. The van der Waals surface area contributed by atoms with Gasteiger partial charge in [0.25, 0.3) is 5.92 Å². The Bertz CT molecular complexity index is 297. The molecule has 1 aliphatic carbocycles. The highest BCUT2D eigenvalue weighted by atomic mass is 19.3. The van der Waals surface area contributed by atoms with Gasteiger partial charge in [-0.15, -0.1) is 0 Å². The van der Waals surface area contributed by atoms with Gasteiger partial charge in [0.2, 0.25) is 0 Å². The van der Waals surface area contributed by atoms with Crippen molar-refractivity contribution in [3.8, 4) is 0 Å². The number of nitrogens with one attached hydrogen (secondary N) is 2. The maximum Gasteiger partial charge on any atom is 0.314 e. The molecule has 1 fully saturated rings. The molecule has 98 valence electrons. The van der Waals surface area contributed by atoms with Crippen LogP contribution in [0.15, 0.2) is 0 Å². The number of alkyl halides is 2. The Morgan fingerprint density at radius 2 is 2.06 bits per heavy atom. The molecule has 0 radical (unpaired) electrons. The summed E-state index contributed by atoms with van der Waals surface area (Å²) in [5.41, 5.74) is 0. The van der Waals surface area contributed by atoms with Crippen molar-refractivity contribution >= 4 is 12.0 Å². The van der Waals surface area contributed by atoms with Crippen molar-refractivity contribution in [1.82, 2.24) is 10.6 Å². The van der Waals surface area contributed by atoms with Gasteiger partial charge in [-0.2, -0.15) is 0 Å². The number of carbonyl (C=O) groups is 2. The van der Waals surface area contributed by atoms with Crippen LogP contribution in [0.25, 0.3) is 0 Å². The van der Waals surface area contributed by atoms with E-state index in [9.17, 15) is 18.4 Å². The zero-order chi connectivity index (χ0) is 12.9. The molecule has 5 nitrogen and oxygen atoms in total. The Balaban J connectivity index is 2.17. The molecule has 1 unspecified atom stereocenters. The summed E-state index contributed by atoms with van der Waals surface area (Å²) in [4.78, 5) is 21.3. The van der Waals surface area contributed by atoms with Crippen LogP contribution in [0.1, 0.15) is 25.7 Å². The Kier molecular flexibility index (Phi) is 4.65. The van der Waals surface area contributed by atoms with Crippen LogP contribution in [0.4, 0.5) is 13.6 Å². The lowest BCUT2D eigenvalue weighted by atomic mass is 10.1. The molecule has 1 saturated carbocycles. The smallest absolute Gasteiger partial charge is 0.314 e. The third kappa shape index (κ3) is 4.54. The molecule has 1 aliphatic rings. The van der Waals surface area contributed by atoms with E-state index in [0.717, 1.165) is 0 Å². The fourth-order valence-corrected chi connectivity index (χ4v) is 1.81. The van der Waals surface area contributed by atoms with Gasteiger partial charge < -0.3 is 15.7 Å². The second-order valence-corrected chi connectivity index (χ2v) is 4.13. The predicted molar refractivity (Wildman–Crippen MR) is 55.9 cm³/mol. The summed E-state index contributed by atoms with van der Waals surface area (Å²) in [5.74, 6) is -4.53. The topological polar surface area (TPSA) is 78.4 Å². The Labute approximate surface area is 97.6 Å². The van der Waals surface area contributed by atoms with Crippen LogP contribution in [0.2, 0.25) is 0 Å². The summed E-state index contributed by atoms with van der Waals surface area (Å²) in [7, 11) is 0. The second kappa shape index (κ2) is 5.79. The van der Waals surface area contributed by atoms with Crippen molar-refractivity contribution in [2.24, 2.45) is 5.92 Å². The van der Waals surface area contributed by atoms with Crippen LogP contribution in [0, 0.1) is 5.92 Å². The summed E-state index contributed by atoms with van der Waals surface area (Å²) >= 11 is 0. The number of rotatable bonds is 5. The molecule has 0 aliphatic heterocycles. The van der Waals surface area contributed by atoms with E-state index in [0.29, 0.717) is 12.8 Å². The fourth-order valence-electron chi connectivity index (χ4n) is 1.81. The molecular formula is C10H16F2N2O3. The standard InChI is InChI=1S/C10H16F2N2O3/c11-10(12)4-1-2-7(10)6-14-9(17)13-5-3-8(15)16/h7H,1-6H2,(H,15,16)(H2,13,14,17). The van der Waals surface area contributed by atoms with Gasteiger partial charge in [-0.1, -0.05) is 0 Å². The van der Waals surface area contributed by atoms with Gasteiger partial charge in [0.1, 0.15) is 0 Å². The molecule has 0 aromatic carbocycles. The highest BCUT2D eigenvalue weighted by Crippen LogP contribution is 2.39. The maximum atomic E-state index is 13.2. The summed E-state index contributed by atoms with van der Waals surface area (Å²) in [6.45, 7) is -0.0892. The van der Waals surface area contributed by atoms with Gasteiger partial charge in [0, 0.05) is 25.4 Å². The number of halogens is 2. The van der Waals surface area contributed by atoms with E-state index in [1.807, 2.05) is 0 Å². The number of amides is 2. The molecule has 0 spiro atoms. The van der Waals surface area contributed by atoms with Gasteiger partial charge in [-0.3, -0.25) is 4.79 Å². The molecule has 0 aromatic rings. The first kappa shape index (κ1) is 13.7. The number of aliphatic carboxylic acids is 1. The average Bonchev–Trinajstić information content (AvgIpc) is 2.54. The molecular weight excluding hydrogens is 234 g/mol. The highest BCUT2D eigenvalue weighted by Gasteiger charge is 2.43. The van der Waals surface area contributed by atoms with Crippen molar-refractivity contribution in [3.63, 3.8) is 0 Å². The third-order valence-electron chi connectivity index (χ3n) is 2.79. The Morgan fingerprint density at radius 1 is 1.35 bits per heavy atom. The normalized spacial score (nSPS) is 22.1. The lowest BCUT2D eigenvalue weighted by Gasteiger charge is -2.19. The van der Waals surface area contributed by atoms with E-state index in [-0.39, 0.29) is 25.9 Å². The van der Waals surface area contributed by atoms with E-state index in [4.69, 9.17) is 5.11 Å². The van der Waals surface area contributed by atoms with Crippen LogP contribution in [-0.2, 0) is 4.79 Å². The first-order valence-corrected chi connectivity index (χ1v) is 5.53. The van der Waals surface area contributed by atoms with E-state index in [1.54, 1.807) is 0 Å². The highest BCUT2D eigenvalue weighted by molar-refractivity contribution is 5.74.